The van der Waals surface area contributed by atoms with Gasteiger partial charge in [0.15, 0.2) is 0 Å². The molecular weight excluding hydrogens is 272 g/mol. The molecule has 0 saturated heterocycles. The first-order valence-corrected chi connectivity index (χ1v) is 7.37. The Balaban J connectivity index is 1.88. The molecule has 0 radical (unpaired) electrons. The van der Waals surface area contributed by atoms with Crippen molar-refractivity contribution in [3.63, 3.8) is 0 Å². The number of rotatable bonds is 4. The summed E-state index contributed by atoms with van der Waals surface area (Å²) in [7, 11) is 1.86. The first-order valence-electron chi connectivity index (χ1n) is 6.55. The molecule has 0 saturated carbocycles. The van der Waals surface area contributed by atoms with Crippen LogP contribution in [0.25, 0.3) is 0 Å². The van der Waals surface area contributed by atoms with Gasteiger partial charge in [-0.3, -0.25) is 4.68 Å². The molecule has 2 N–H and O–H groups in total. The van der Waals surface area contributed by atoms with E-state index in [9.17, 15) is 4.79 Å². The summed E-state index contributed by atoms with van der Waals surface area (Å²) >= 11 is 1.75. The van der Waals surface area contributed by atoms with Crippen molar-refractivity contribution in [2.24, 2.45) is 7.05 Å². The molecular formula is C14H20N4OS. The summed E-state index contributed by atoms with van der Waals surface area (Å²) in [5.41, 5.74) is 2.15. The summed E-state index contributed by atoms with van der Waals surface area (Å²) in [6, 6.07) is 3.86. The Bertz CT molecular complexity index is 602. The number of thiophene rings is 1. The van der Waals surface area contributed by atoms with Gasteiger partial charge >= 0.3 is 6.03 Å². The van der Waals surface area contributed by atoms with Crippen LogP contribution in [0.1, 0.15) is 34.0 Å². The van der Waals surface area contributed by atoms with Crippen molar-refractivity contribution in [2.45, 2.75) is 33.4 Å². The lowest BCUT2D eigenvalue weighted by molar-refractivity contribution is 0.237. The molecule has 0 aliphatic carbocycles. The molecule has 1 unspecified atom stereocenters. The average Bonchev–Trinajstić information content (AvgIpc) is 2.92. The Hall–Kier alpha value is -1.82. The van der Waals surface area contributed by atoms with Crippen LogP contribution in [0.15, 0.2) is 18.3 Å². The molecule has 5 nitrogen and oxygen atoms in total. The number of aryl methyl sites for hydroxylation is 3. The maximum absolute atomic E-state index is 11.9. The second kappa shape index (κ2) is 6.09. The normalized spacial score (nSPS) is 12.2. The maximum Gasteiger partial charge on any atom is 0.315 e. The van der Waals surface area contributed by atoms with Crippen molar-refractivity contribution in [1.29, 1.82) is 0 Å². The van der Waals surface area contributed by atoms with Crippen LogP contribution < -0.4 is 10.6 Å². The first kappa shape index (κ1) is 14.6. The third-order valence-electron chi connectivity index (χ3n) is 3.25. The largest absolute Gasteiger partial charge is 0.333 e. The zero-order valence-corrected chi connectivity index (χ0v) is 13.0. The van der Waals surface area contributed by atoms with E-state index in [4.69, 9.17) is 0 Å². The van der Waals surface area contributed by atoms with Crippen molar-refractivity contribution in [3.05, 3.63) is 39.3 Å². The van der Waals surface area contributed by atoms with Gasteiger partial charge in [0, 0.05) is 23.0 Å². The predicted octanol–water partition coefficient (Wildman–Crippen LogP) is 2.66. The second-order valence-corrected chi connectivity index (χ2v) is 6.32. The van der Waals surface area contributed by atoms with Crippen molar-refractivity contribution in [3.8, 4) is 0 Å². The highest BCUT2D eigenvalue weighted by Gasteiger charge is 2.13. The van der Waals surface area contributed by atoms with E-state index >= 15 is 0 Å². The van der Waals surface area contributed by atoms with E-state index < -0.39 is 0 Å². The lowest BCUT2D eigenvalue weighted by Crippen LogP contribution is -2.37. The fourth-order valence-corrected chi connectivity index (χ4v) is 3.17. The lowest BCUT2D eigenvalue weighted by Gasteiger charge is -2.14. The van der Waals surface area contributed by atoms with Gasteiger partial charge in [-0.25, -0.2) is 4.79 Å². The molecule has 0 spiro atoms. The van der Waals surface area contributed by atoms with Gasteiger partial charge in [0.25, 0.3) is 0 Å². The van der Waals surface area contributed by atoms with E-state index in [-0.39, 0.29) is 12.1 Å². The topological polar surface area (TPSA) is 59.0 Å². The van der Waals surface area contributed by atoms with Gasteiger partial charge in [-0.05, 0) is 38.5 Å². The van der Waals surface area contributed by atoms with Crippen LogP contribution in [-0.2, 0) is 13.6 Å². The Labute approximate surface area is 123 Å². The molecule has 108 valence electrons. The Kier molecular flexibility index (Phi) is 4.44. The van der Waals surface area contributed by atoms with E-state index in [0.717, 1.165) is 5.69 Å². The molecule has 0 bridgehead atoms. The third kappa shape index (κ3) is 3.39. The summed E-state index contributed by atoms with van der Waals surface area (Å²) in [6.07, 6.45) is 1.72. The smallest absolute Gasteiger partial charge is 0.315 e. The second-order valence-electron chi connectivity index (χ2n) is 4.86. The molecule has 0 aliphatic heterocycles. The Morgan fingerprint density at radius 2 is 2.25 bits per heavy atom. The van der Waals surface area contributed by atoms with Crippen molar-refractivity contribution < 1.29 is 4.79 Å². The minimum Gasteiger partial charge on any atom is -0.333 e. The quantitative estimate of drug-likeness (QED) is 0.910. The van der Waals surface area contributed by atoms with Gasteiger partial charge < -0.3 is 10.6 Å². The zero-order valence-electron chi connectivity index (χ0n) is 12.2. The van der Waals surface area contributed by atoms with Gasteiger partial charge in [0.05, 0.1) is 18.3 Å². The minimum atomic E-state index is -0.165. The van der Waals surface area contributed by atoms with Crippen LogP contribution in [0.3, 0.4) is 0 Å². The molecule has 2 aromatic rings. The summed E-state index contributed by atoms with van der Waals surface area (Å²) < 4.78 is 1.75. The Morgan fingerprint density at radius 1 is 1.50 bits per heavy atom. The van der Waals surface area contributed by atoms with Gasteiger partial charge in [-0.2, -0.15) is 5.10 Å². The molecule has 2 rings (SSSR count). The highest BCUT2D eigenvalue weighted by molar-refractivity contribution is 7.12. The molecule has 0 aromatic carbocycles. The van der Waals surface area contributed by atoms with Crippen molar-refractivity contribution >= 4 is 17.4 Å². The standard InChI is InChI=1S/C14H20N4OS/c1-9-7-13(11(3)20-9)10(2)17-14(19)15-8-12-5-6-16-18(12)4/h5-7,10H,8H2,1-4H3,(H2,15,17,19). The van der Waals surface area contributed by atoms with Gasteiger partial charge in [0.1, 0.15) is 0 Å². The van der Waals surface area contributed by atoms with Crippen LogP contribution >= 0.6 is 11.3 Å². The number of nitrogens with one attached hydrogen (secondary N) is 2. The monoisotopic (exact) mass is 292 g/mol. The number of amides is 2. The lowest BCUT2D eigenvalue weighted by atomic mass is 10.1. The maximum atomic E-state index is 11.9. The fraction of sp³-hybridized carbons (Fsp3) is 0.429. The van der Waals surface area contributed by atoms with Gasteiger partial charge in [-0.15, -0.1) is 11.3 Å². The summed E-state index contributed by atoms with van der Waals surface area (Å²) in [5, 5.41) is 9.87. The fourth-order valence-electron chi connectivity index (χ4n) is 2.15. The molecule has 1 atom stereocenters. The van der Waals surface area contributed by atoms with Crippen LogP contribution in [0.5, 0.6) is 0 Å². The van der Waals surface area contributed by atoms with E-state index in [1.165, 1.54) is 15.3 Å². The molecule has 2 aromatic heterocycles. The summed E-state index contributed by atoms with van der Waals surface area (Å²) in [6.45, 7) is 6.63. The summed E-state index contributed by atoms with van der Waals surface area (Å²) in [4.78, 5) is 14.4. The molecule has 2 heterocycles. The summed E-state index contributed by atoms with van der Waals surface area (Å²) in [5.74, 6) is 0. The van der Waals surface area contributed by atoms with Crippen LogP contribution in [-0.4, -0.2) is 15.8 Å². The SMILES string of the molecule is Cc1cc(C(C)NC(=O)NCc2ccnn2C)c(C)s1. The number of aromatic nitrogens is 2. The molecule has 2 amide bonds. The molecule has 0 fully saturated rings. The van der Waals surface area contributed by atoms with E-state index in [2.05, 4.69) is 35.6 Å². The number of nitrogens with zero attached hydrogens (tertiary/aromatic N) is 2. The average molecular weight is 292 g/mol. The van der Waals surface area contributed by atoms with E-state index in [1.54, 1.807) is 22.2 Å². The number of carbonyl (C=O) groups excluding carboxylic acids is 1. The molecule has 0 aliphatic rings. The van der Waals surface area contributed by atoms with Crippen LogP contribution in [0.2, 0.25) is 0 Å². The van der Waals surface area contributed by atoms with Gasteiger partial charge in [-0.1, -0.05) is 0 Å². The van der Waals surface area contributed by atoms with E-state index in [1.807, 2.05) is 20.0 Å². The third-order valence-corrected chi connectivity index (χ3v) is 4.23. The molecule has 6 heteroatoms. The van der Waals surface area contributed by atoms with E-state index in [0.29, 0.717) is 6.54 Å². The van der Waals surface area contributed by atoms with Crippen molar-refractivity contribution in [1.82, 2.24) is 20.4 Å². The van der Waals surface area contributed by atoms with Crippen LogP contribution in [0.4, 0.5) is 4.79 Å². The highest BCUT2D eigenvalue weighted by Crippen LogP contribution is 2.25. The Morgan fingerprint density at radius 3 is 2.80 bits per heavy atom. The minimum absolute atomic E-state index is 0.00601. The number of urea groups is 1. The van der Waals surface area contributed by atoms with Crippen molar-refractivity contribution in [2.75, 3.05) is 0 Å². The zero-order chi connectivity index (χ0) is 14.7. The predicted molar refractivity (Wildman–Crippen MR) is 80.8 cm³/mol. The number of carbonyl (C=O) groups is 1. The first-order chi connectivity index (χ1) is 9.47. The highest BCUT2D eigenvalue weighted by atomic mass is 32.1. The number of hydrogen-bond acceptors (Lipinski definition) is 3. The number of hydrogen-bond donors (Lipinski definition) is 2. The van der Waals surface area contributed by atoms with Crippen LogP contribution in [0, 0.1) is 13.8 Å². The molecule has 20 heavy (non-hydrogen) atoms. The van der Waals surface area contributed by atoms with Gasteiger partial charge in [0.2, 0.25) is 0 Å².